The lowest BCUT2D eigenvalue weighted by Crippen LogP contribution is -2.42. The molecule has 0 amide bonds. The predicted octanol–water partition coefficient (Wildman–Crippen LogP) is 2.55. The molecular formula is C16H27N3O. The van der Waals surface area contributed by atoms with Gasteiger partial charge in [-0.15, -0.1) is 0 Å². The van der Waals surface area contributed by atoms with Crippen LogP contribution >= 0.6 is 0 Å². The fraction of sp³-hybridized carbons (Fsp3) is 0.812. The van der Waals surface area contributed by atoms with Crippen molar-refractivity contribution in [2.24, 2.45) is 5.92 Å². The zero-order valence-electron chi connectivity index (χ0n) is 12.7. The van der Waals surface area contributed by atoms with Crippen LogP contribution in [0.2, 0.25) is 0 Å². The summed E-state index contributed by atoms with van der Waals surface area (Å²) in [5.41, 5.74) is 1.19. The third-order valence-corrected chi connectivity index (χ3v) is 4.92. The van der Waals surface area contributed by atoms with Gasteiger partial charge >= 0.3 is 0 Å². The Hall–Kier alpha value is -0.870. The molecule has 0 bridgehead atoms. The van der Waals surface area contributed by atoms with Gasteiger partial charge in [0.15, 0.2) is 0 Å². The van der Waals surface area contributed by atoms with Crippen molar-refractivity contribution in [1.29, 1.82) is 0 Å². The van der Waals surface area contributed by atoms with E-state index in [2.05, 4.69) is 22.3 Å². The number of hydrogen-bond donors (Lipinski definition) is 1. The summed E-state index contributed by atoms with van der Waals surface area (Å²) >= 11 is 0. The lowest BCUT2D eigenvalue weighted by atomic mass is 10.0. The molecule has 2 aliphatic carbocycles. The predicted molar refractivity (Wildman–Crippen MR) is 79.8 cm³/mol. The molecule has 2 atom stereocenters. The van der Waals surface area contributed by atoms with Gasteiger partial charge in [0, 0.05) is 25.8 Å². The molecule has 0 aliphatic heterocycles. The fourth-order valence-electron chi connectivity index (χ4n) is 3.58. The Kier molecular flexibility index (Phi) is 4.41. The normalized spacial score (nSPS) is 23.1. The highest BCUT2D eigenvalue weighted by atomic mass is 16.5. The average Bonchev–Trinajstić information content (AvgIpc) is 2.97. The zero-order valence-corrected chi connectivity index (χ0v) is 12.7. The van der Waals surface area contributed by atoms with Crippen LogP contribution in [-0.4, -0.2) is 36.1 Å². The number of ether oxygens (including phenoxy) is 1. The summed E-state index contributed by atoms with van der Waals surface area (Å²) in [6, 6.07) is 3.19. The van der Waals surface area contributed by atoms with Crippen LogP contribution < -0.4 is 5.32 Å². The first-order chi connectivity index (χ1) is 9.81. The second-order valence-electron chi connectivity index (χ2n) is 6.36. The Morgan fingerprint density at radius 1 is 1.35 bits per heavy atom. The molecule has 20 heavy (non-hydrogen) atoms. The Morgan fingerprint density at radius 3 is 2.70 bits per heavy atom. The molecule has 1 aromatic heterocycles. The van der Waals surface area contributed by atoms with E-state index in [1.165, 1.54) is 44.2 Å². The molecular weight excluding hydrogens is 250 g/mol. The first kappa shape index (κ1) is 14.1. The number of nitrogens with zero attached hydrogens (tertiary/aromatic N) is 2. The standard InChI is InChI=1S/C16H27N3O/c1-17-15(16(20-2)12-7-8-12)11-13-9-10-19(18-13)14-5-3-4-6-14/h9-10,12,14-17H,3-8,11H2,1-2H3. The van der Waals surface area contributed by atoms with Gasteiger partial charge in [0.1, 0.15) is 0 Å². The van der Waals surface area contributed by atoms with Crippen molar-refractivity contribution >= 4 is 0 Å². The van der Waals surface area contributed by atoms with Gasteiger partial charge in [-0.05, 0) is 44.7 Å². The van der Waals surface area contributed by atoms with Crippen molar-refractivity contribution < 1.29 is 4.74 Å². The molecule has 2 fully saturated rings. The summed E-state index contributed by atoms with van der Waals surface area (Å²) in [5, 5.41) is 8.22. The van der Waals surface area contributed by atoms with Crippen molar-refractivity contribution in [1.82, 2.24) is 15.1 Å². The van der Waals surface area contributed by atoms with Crippen molar-refractivity contribution in [3.63, 3.8) is 0 Å². The third kappa shape index (κ3) is 3.07. The van der Waals surface area contributed by atoms with E-state index >= 15 is 0 Å². The maximum absolute atomic E-state index is 5.71. The van der Waals surface area contributed by atoms with E-state index in [1.807, 2.05) is 14.2 Å². The topological polar surface area (TPSA) is 39.1 Å². The van der Waals surface area contributed by atoms with E-state index in [0.29, 0.717) is 18.2 Å². The van der Waals surface area contributed by atoms with Gasteiger partial charge in [-0.25, -0.2) is 0 Å². The van der Waals surface area contributed by atoms with E-state index in [1.54, 1.807) is 0 Å². The van der Waals surface area contributed by atoms with Crippen LogP contribution in [0.25, 0.3) is 0 Å². The van der Waals surface area contributed by atoms with Crippen LogP contribution in [-0.2, 0) is 11.2 Å². The molecule has 0 spiro atoms. The van der Waals surface area contributed by atoms with Crippen LogP contribution in [0.4, 0.5) is 0 Å². The number of aromatic nitrogens is 2. The summed E-state index contributed by atoms with van der Waals surface area (Å²) < 4.78 is 7.90. The molecule has 0 aromatic carbocycles. The number of nitrogens with one attached hydrogen (secondary N) is 1. The van der Waals surface area contributed by atoms with E-state index in [9.17, 15) is 0 Å². The van der Waals surface area contributed by atoms with E-state index in [0.717, 1.165) is 12.3 Å². The number of likely N-dealkylation sites (N-methyl/N-ethyl adjacent to an activating group) is 1. The highest BCUT2D eigenvalue weighted by molar-refractivity contribution is 5.05. The lowest BCUT2D eigenvalue weighted by molar-refractivity contribution is 0.0531. The molecule has 1 heterocycles. The number of hydrogen-bond acceptors (Lipinski definition) is 3. The largest absolute Gasteiger partial charge is 0.380 e. The van der Waals surface area contributed by atoms with Crippen molar-refractivity contribution in [2.45, 2.75) is 63.1 Å². The molecule has 2 unspecified atom stereocenters. The third-order valence-electron chi connectivity index (χ3n) is 4.92. The zero-order chi connectivity index (χ0) is 13.9. The lowest BCUT2D eigenvalue weighted by Gasteiger charge is -2.25. The summed E-state index contributed by atoms with van der Waals surface area (Å²) in [7, 11) is 3.87. The molecule has 0 radical (unpaired) electrons. The molecule has 3 rings (SSSR count). The van der Waals surface area contributed by atoms with Crippen LogP contribution in [0.15, 0.2) is 12.3 Å². The average molecular weight is 277 g/mol. The minimum atomic E-state index is 0.330. The Balaban J connectivity index is 1.63. The maximum Gasteiger partial charge on any atom is 0.0756 e. The van der Waals surface area contributed by atoms with Crippen molar-refractivity contribution in [2.75, 3.05) is 14.2 Å². The van der Waals surface area contributed by atoms with Gasteiger partial charge in [0.05, 0.1) is 17.8 Å². The van der Waals surface area contributed by atoms with Crippen LogP contribution in [0.1, 0.15) is 50.3 Å². The SMILES string of the molecule is CNC(Cc1ccn(C2CCCC2)n1)C(OC)C1CC1. The second-order valence-corrected chi connectivity index (χ2v) is 6.36. The Morgan fingerprint density at radius 2 is 2.10 bits per heavy atom. The van der Waals surface area contributed by atoms with Gasteiger partial charge < -0.3 is 10.1 Å². The first-order valence-electron chi connectivity index (χ1n) is 8.06. The first-order valence-corrected chi connectivity index (χ1v) is 8.06. The van der Waals surface area contributed by atoms with Crippen LogP contribution in [0.5, 0.6) is 0 Å². The van der Waals surface area contributed by atoms with Gasteiger partial charge in [-0.1, -0.05) is 12.8 Å². The van der Waals surface area contributed by atoms with Crippen molar-refractivity contribution in [3.8, 4) is 0 Å². The van der Waals surface area contributed by atoms with Crippen molar-refractivity contribution in [3.05, 3.63) is 18.0 Å². The monoisotopic (exact) mass is 277 g/mol. The van der Waals surface area contributed by atoms with Gasteiger partial charge in [-0.3, -0.25) is 4.68 Å². The quantitative estimate of drug-likeness (QED) is 0.832. The highest BCUT2D eigenvalue weighted by Gasteiger charge is 2.36. The second kappa shape index (κ2) is 6.27. The van der Waals surface area contributed by atoms with Gasteiger partial charge in [0.2, 0.25) is 0 Å². The molecule has 4 heteroatoms. The van der Waals surface area contributed by atoms with Gasteiger partial charge in [-0.2, -0.15) is 5.10 Å². The molecule has 1 aromatic rings. The molecule has 2 aliphatic rings. The Bertz CT molecular complexity index is 421. The highest BCUT2D eigenvalue weighted by Crippen LogP contribution is 2.36. The summed E-state index contributed by atoms with van der Waals surface area (Å²) in [5.74, 6) is 0.745. The minimum Gasteiger partial charge on any atom is -0.380 e. The van der Waals surface area contributed by atoms with Crippen LogP contribution in [0, 0.1) is 5.92 Å². The summed E-state index contributed by atoms with van der Waals surface area (Å²) in [6.45, 7) is 0. The summed E-state index contributed by atoms with van der Waals surface area (Å²) in [6.07, 6.45) is 11.4. The summed E-state index contributed by atoms with van der Waals surface area (Å²) in [4.78, 5) is 0. The number of methoxy groups -OCH3 is 1. The molecule has 4 nitrogen and oxygen atoms in total. The van der Waals surface area contributed by atoms with Gasteiger partial charge in [0.25, 0.3) is 0 Å². The smallest absolute Gasteiger partial charge is 0.0756 e. The molecule has 2 saturated carbocycles. The van der Waals surface area contributed by atoms with E-state index < -0.39 is 0 Å². The fourth-order valence-corrected chi connectivity index (χ4v) is 3.58. The Labute approximate surface area is 121 Å². The van der Waals surface area contributed by atoms with Crippen LogP contribution in [0.3, 0.4) is 0 Å². The van der Waals surface area contributed by atoms with E-state index in [4.69, 9.17) is 9.84 Å². The maximum atomic E-state index is 5.71. The minimum absolute atomic E-state index is 0.330. The molecule has 0 saturated heterocycles. The number of rotatable bonds is 7. The molecule has 1 N–H and O–H groups in total. The molecule has 112 valence electrons. The van der Waals surface area contributed by atoms with E-state index in [-0.39, 0.29) is 0 Å².